The van der Waals surface area contributed by atoms with Crippen molar-refractivity contribution in [2.24, 2.45) is 0 Å². The zero-order chi connectivity index (χ0) is 12.3. The Morgan fingerprint density at radius 2 is 2.06 bits per heavy atom. The van der Waals surface area contributed by atoms with E-state index in [1.54, 1.807) is 24.3 Å². The molecule has 1 unspecified atom stereocenters. The van der Waals surface area contributed by atoms with Crippen molar-refractivity contribution in [1.82, 2.24) is 9.55 Å². The van der Waals surface area contributed by atoms with Gasteiger partial charge in [-0.15, -0.1) is 11.8 Å². The maximum absolute atomic E-state index is 6.62. The van der Waals surface area contributed by atoms with E-state index in [0.717, 1.165) is 10.6 Å². The van der Waals surface area contributed by atoms with Crippen molar-refractivity contribution in [2.45, 2.75) is 10.8 Å². The normalized spacial score (nSPS) is 14.5. The van der Waals surface area contributed by atoms with Crippen LogP contribution in [0.2, 0.25) is 5.02 Å². The predicted octanol–water partition coefficient (Wildman–Crippen LogP) is 3.99. The van der Waals surface area contributed by atoms with Crippen molar-refractivity contribution in [3.05, 3.63) is 53.6 Å². The number of aromatic nitrogens is 2. The third kappa shape index (κ3) is 2.97. The molecule has 1 atom stereocenters. The first-order chi connectivity index (χ1) is 8.14. The number of thioether (sulfide) groups is 1. The fraction of sp³-hybridized carbons (Fsp3) is 0.250. The molecule has 0 saturated carbocycles. The van der Waals surface area contributed by atoms with Gasteiger partial charge < -0.3 is 4.57 Å². The summed E-state index contributed by atoms with van der Waals surface area (Å²) >= 11 is 14.1. The number of halogens is 2. The minimum Gasteiger partial charge on any atom is -0.309 e. The molecule has 2 nitrogen and oxygen atoms in total. The van der Waals surface area contributed by atoms with Crippen molar-refractivity contribution in [1.29, 1.82) is 0 Å². The topological polar surface area (TPSA) is 17.8 Å². The number of benzene rings is 1. The summed E-state index contributed by atoms with van der Waals surface area (Å²) in [5.74, 6) is 0. The van der Waals surface area contributed by atoms with Crippen molar-refractivity contribution in [3.8, 4) is 0 Å². The highest BCUT2D eigenvalue weighted by molar-refractivity contribution is 8.00. The average molecular weight is 287 g/mol. The second-order valence-electron chi connectivity index (χ2n) is 3.67. The Hall–Kier alpha value is -0.640. The highest BCUT2D eigenvalue weighted by atomic mass is 35.5. The van der Waals surface area contributed by atoms with E-state index in [2.05, 4.69) is 4.98 Å². The van der Waals surface area contributed by atoms with Gasteiger partial charge in [0, 0.05) is 23.8 Å². The van der Waals surface area contributed by atoms with Gasteiger partial charge in [0.1, 0.15) is 0 Å². The molecule has 0 amide bonds. The highest BCUT2D eigenvalue weighted by Gasteiger charge is 2.28. The molecule has 5 heteroatoms. The van der Waals surface area contributed by atoms with Gasteiger partial charge in [-0.05, 0) is 24.0 Å². The van der Waals surface area contributed by atoms with Crippen molar-refractivity contribution in [3.63, 3.8) is 0 Å². The third-order valence-electron chi connectivity index (χ3n) is 2.54. The molecule has 90 valence electrons. The van der Waals surface area contributed by atoms with E-state index >= 15 is 0 Å². The lowest BCUT2D eigenvalue weighted by atomic mass is 10.1. The monoisotopic (exact) mass is 286 g/mol. The maximum atomic E-state index is 6.62. The van der Waals surface area contributed by atoms with Gasteiger partial charge in [0.25, 0.3) is 0 Å². The summed E-state index contributed by atoms with van der Waals surface area (Å²) in [6.07, 6.45) is 8.04. The van der Waals surface area contributed by atoms with Crippen molar-refractivity contribution < 1.29 is 0 Å². The molecule has 0 fully saturated rings. The van der Waals surface area contributed by atoms with E-state index in [0.29, 0.717) is 6.42 Å². The Kier molecular flexibility index (Phi) is 4.02. The van der Waals surface area contributed by atoms with Gasteiger partial charge in [-0.25, -0.2) is 4.98 Å². The molecule has 0 aliphatic carbocycles. The fourth-order valence-electron chi connectivity index (χ4n) is 1.58. The lowest BCUT2D eigenvalue weighted by Crippen LogP contribution is -2.24. The number of alkyl halides is 1. The summed E-state index contributed by atoms with van der Waals surface area (Å²) in [5.41, 5.74) is 1.15. The summed E-state index contributed by atoms with van der Waals surface area (Å²) in [6, 6.07) is 7.74. The standard InChI is InChI=1S/C12H12Cl2N2S/c1-17-12(14,16-7-6-15-9-16)8-10-2-4-11(13)5-3-10/h2-7,9H,8H2,1H3. The molecule has 0 bridgehead atoms. The molecule has 0 saturated heterocycles. The van der Waals surface area contributed by atoms with Crippen LogP contribution in [0.1, 0.15) is 5.56 Å². The first-order valence-electron chi connectivity index (χ1n) is 5.11. The summed E-state index contributed by atoms with van der Waals surface area (Å²) in [6.45, 7) is 0. The van der Waals surface area contributed by atoms with Crippen LogP contribution in [0.25, 0.3) is 0 Å². The summed E-state index contributed by atoms with van der Waals surface area (Å²) < 4.78 is 1.37. The molecule has 1 aromatic carbocycles. The van der Waals surface area contributed by atoms with Crippen LogP contribution in [-0.2, 0) is 10.8 Å². The van der Waals surface area contributed by atoms with Gasteiger partial charge in [-0.3, -0.25) is 0 Å². The Bertz CT molecular complexity index is 470. The van der Waals surface area contributed by atoms with E-state index in [-0.39, 0.29) is 0 Å². The molecule has 1 heterocycles. The number of nitrogens with zero attached hydrogens (tertiary/aromatic N) is 2. The summed E-state index contributed by atoms with van der Waals surface area (Å²) in [5, 5.41) is 0.737. The smallest absolute Gasteiger partial charge is 0.170 e. The van der Waals surface area contributed by atoms with Crippen LogP contribution in [0.5, 0.6) is 0 Å². The highest BCUT2D eigenvalue weighted by Crippen LogP contribution is 2.37. The van der Waals surface area contributed by atoms with Gasteiger partial charge in [-0.2, -0.15) is 0 Å². The van der Waals surface area contributed by atoms with Gasteiger partial charge in [0.05, 0.1) is 6.33 Å². The van der Waals surface area contributed by atoms with Crippen LogP contribution in [0.4, 0.5) is 0 Å². The largest absolute Gasteiger partial charge is 0.309 e. The Morgan fingerprint density at radius 3 is 2.59 bits per heavy atom. The maximum Gasteiger partial charge on any atom is 0.170 e. The molecule has 0 N–H and O–H groups in total. The van der Waals surface area contributed by atoms with Crippen molar-refractivity contribution in [2.75, 3.05) is 6.26 Å². The van der Waals surface area contributed by atoms with Crippen LogP contribution in [0, 0.1) is 0 Å². The van der Waals surface area contributed by atoms with E-state index in [1.165, 1.54) is 0 Å². The molecule has 17 heavy (non-hydrogen) atoms. The predicted molar refractivity (Wildman–Crippen MR) is 74.7 cm³/mol. The Labute approximate surface area is 115 Å². The SMILES string of the molecule is CSC(Cl)(Cc1ccc(Cl)cc1)n1ccnc1. The minimum absolute atomic E-state index is 0.537. The molecule has 1 aromatic heterocycles. The molecule has 0 aliphatic heterocycles. The number of hydrogen-bond acceptors (Lipinski definition) is 2. The summed E-state index contributed by atoms with van der Waals surface area (Å²) in [7, 11) is 0. The second-order valence-corrected chi connectivity index (χ2v) is 6.04. The van der Waals surface area contributed by atoms with Crippen LogP contribution in [0.3, 0.4) is 0 Å². The molecule has 0 radical (unpaired) electrons. The minimum atomic E-state index is -0.537. The zero-order valence-corrected chi connectivity index (χ0v) is 11.6. The Balaban J connectivity index is 2.23. The van der Waals surface area contributed by atoms with E-state index in [9.17, 15) is 0 Å². The summed E-state index contributed by atoms with van der Waals surface area (Å²) in [4.78, 5) is 4.04. The molecule has 0 spiro atoms. The first-order valence-corrected chi connectivity index (χ1v) is 7.09. The van der Waals surface area contributed by atoms with Crippen LogP contribution < -0.4 is 0 Å². The molecular weight excluding hydrogens is 275 g/mol. The van der Waals surface area contributed by atoms with Gasteiger partial charge >= 0.3 is 0 Å². The fourth-order valence-corrected chi connectivity index (χ4v) is 2.59. The van der Waals surface area contributed by atoms with Gasteiger partial charge in [0.2, 0.25) is 0 Å². The lowest BCUT2D eigenvalue weighted by molar-refractivity contribution is 0.607. The van der Waals surface area contributed by atoms with Gasteiger partial charge in [-0.1, -0.05) is 35.3 Å². The lowest BCUT2D eigenvalue weighted by Gasteiger charge is -2.26. The first kappa shape index (κ1) is 12.8. The second kappa shape index (κ2) is 5.34. The third-order valence-corrected chi connectivity index (χ3v) is 4.56. The number of hydrogen-bond donors (Lipinski definition) is 0. The molecular formula is C12H12Cl2N2S. The molecule has 2 aromatic rings. The number of imidazole rings is 1. The van der Waals surface area contributed by atoms with Crippen LogP contribution in [-0.4, -0.2) is 15.8 Å². The zero-order valence-electron chi connectivity index (χ0n) is 9.31. The van der Waals surface area contributed by atoms with E-state index in [1.807, 2.05) is 41.3 Å². The average Bonchev–Trinajstić information content (AvgIpc) is 2.86. The molecule has 0 aliphatic rings. The van der Waals surface area contributed by atoms with E-state index in [4.69, 9.17) is 23.2 Å². The van der Waals surface area contributed by atoms with Crippen LogP contribution >= 0.6 is 35.0 Å². The quantitative estimate of drug-likeness (QED) is 0.791. The van der Waals surface area contributed by atoms with E-state index < -0.39 is 4.33 Å². The number of rotatable bonds is 4. The Morgan fingerprint density at radius 1 is 1.35 bits per heavy atom. The van der Waals surface area contributed by atoms with Crippen molar-refractivity contribution >= 4 is 35.0 Å². The van der Waals surface area contributed by atoms with Crippen LogP contribution in [0.15, 0.2) is 43.0 Å². The molecule has 2 rings (SSSR count). The van der Waals surface area contributed by atoms with Gasteiger partial charge in [0.15, 0.2) is 4.33 Å².